The van der Waals surface area contributed by atoms with E-state index in [9.17, 15) is 9.59 Å². The van der Waals surface area contributed by atoms with Crippen LogP contribution in [0.1, 0.15) is 53.1 Å². The molecule has 2 aromatic carbocycles. The Balaban J connectivity index is 1.78. The summed E-state index contributed by atoms with van der Waals surface area (Å²) in [6.45, 7) is 4.26. The molecule has 0 radical (unpaired) electrons. The predicted molar refractivity (Wildman–Crippen MR) is 121 cm³/mol. The van der Waals surface area contributed by atoms with Crippen molar-refractivity contribution in [3.05, 3.63) is 91.2 Å². The highest BCUT2D eigenvalue weighted by atomic mass is 79.9. The van der Waals surface area contributed by atoms with Crippen molar-refractivity contribution in [3.63, 3.8) is 0 Å². The van der Waals surface area contributed by atoms with Gasteiger partial charge in [-0.1, -0.05) is 54.0 Å². The molecule has 3 heterocycles. The Bertz CT molecular complexity index is 1330. The quantitative estimate of drug-likeness (QED) is 0.366. The molecule has 1 aliphatic heterocycles. The van der Waals surface area contributed by atoms with Gasteiger partial charge in [0.15, 0.2) is 10.6 Å². The van der Waals surface area contributed by atoms with Crippen LogP contribution >= 0.6 is 27.3 Å². The largest absolute Gasteiger partial charge is 0.450 e. The summed E-state index contributed by atoms with van der Waals surface area (Å²) in [7, 11) is 0. The van der Waals surface area contributed by atoms with E-state index >= 15 is 0 Å². The van der Waals surface area contributed by atoms with Crippen molar-refractivity contribution in [2.24, 2.45) is 0 Å². The minimum atomic E-state index is -0.584. The molecule has 150 valence electrons. The maximum absolute atomic E-state index is 13.5. The molecule has 1 amide bonds. The van der Waals surface area contributed by atoms with Crippen LogP contribution in [0.4, 0.5) is 5.13 Å². The fourth-order valence-corrected chi connectivity index (χ4v) is 4.88. The number of carbonyl (C=O) groups is 1. The van der Waals surface area contributed by atoms with Crippen molar-refractivity contribution in [2.75, 3.05) is 4.90 Å². The van der Waals surface area contributed by atoms with E-state index < -0.39 is 6.04 Å². The molecule has 1 atom stereocenters. The van der Waals surface area contributed by atoms with Crippen LogP contribution in [0.15, 0.2) is 67.7 Å². The number of aromatic nitrogens is 1. The van der Waals surface area contributed by atoms with E-state index in [0.29, 0.717) is 27.6 Å². The van der Waals surface area contributed by atoms with Crippen LogP contribution in [0.5, 0.6) is 0 Å². The van der Waals surface area contributed by atoms with E-state index in [-0.39, 0.29) is 17.1 Å². The minimum Gasteiger partial charge on any atom is -0.450 e. The molecule has 0 aliphatic carbocycles. The molecule has 1 aliphatic rings. The van der Waals surface area contributed by atoms with Crippen molar-refractivity contribution in [1.82, 2.24) is 4.98 Å². The number of hydrogen-bond donors (Lipinski definition) is 0. The number of fused-ring (bicyclic) bond motifs is 2. The Hall–Kier alpha value is -2.77. The Labute approximate surface area is 185 Å². The molecule has 0 N–H and O–H groups in total. The second-order valence-corrected chi connectivity index (χ2v) is 9.32. The van der Waals surface area contributed by atoms with Crippen molar-refractivity contribution in [1.29, 1.82) is 0 Å². The molecule has 2 aromatic heterocycles. The lowest BCUT2D eigenvalue weighted by atomic mass is 9.95. The lowest BCUT2D eigenvalue weighted by Gasteiger charge is -2.23. The highest BCUT2D eigenvalue weighted by Gasteiger charge is 2.44. The molecule has 0 saturated heterocycles. The van der Waals surface area contributed by atoms with Crippen LogP contribution in [0.2, 0.25) is 0 Å². The zero-order valence-corrected chi connectivity index (χ0v) is 18.7. The molecule has 30 heavy (non-hydrogen) atoms. The van der Waals surface area contributed by atoms with Gasteiger partial charge in [-0.25, -0.2) is 4.98 Å². The van der Waals surface area contributed by atoms with Crippen LogP contribution in [-0.4, -0.2) is 10.9 Å². The van der Waals surface area contributed by atoms with E-state index in [1.54, 1.807) is 29.3 Å². The molecule has 0 unspecified atom stereocenters. The van der Waals surface area contributed by atoms with Gasteiger partial charge in [0.1, 0.15) is 5.58 Å². The second-order valence-electron chi connectivity index (χ2n) is 7.53. The van der Waals surface area contributed by atoms with Crippen molar-refractivity contribution in [2.45, 2.75) is 25.8 Å². The number of halogens is 1. The monoisotopic (exact) mass is 480 g/mol. The van der Waals surface area contributed by atoms with Crippen LogP contribution in [0.25, 0.3) is 11.0 Å². The first-order valence-electron chi connectivity index (χ1n) is 9.55. The van der Waals surface area contributed by atoms with Gasteiger partial charge in [0.2, 0.25) is 5.76 Å². The molecule has 0 fully saturated rings. The average Bonchev–Trinajstić information content (AvgIpc) is 3.35. The number of anilines is 1. The van der Waals surface area contributed by atoms with Gasteiger partial charge in [-0.3, -0.25) is 14.5 Å². The van der Waals surface area contributed by atoms with Crippen LogP contribution < -0.4 is 10.3 Å². The van der Waals surface area contributed by atoms with Crippen molar-refractivity contribution < 1.29 is 9.21 Å². The van der Waals surface area contributed by atoms with Crippen molar-refractivity contribution >= 4 is 49.3 Å². The number of hydrogen-bond acceptors (Lipinski definition) is 5. The molecule has 0 spiro atoms. The zero-order valence-electron chi connectivity index (χ0n) is 16.3. The third-order valence-electron chi connectivity index (χ3n) is 5.38. The van der Waals surface area contributed by atoms with Crippen molar-refractivity contribution in [3.8, 4) is 0 Å². The summed E-state index contributed by atoms with van der Waals surface area (Å²) in [5, 5.41) is 2.79. The smallest absolute Gasteiger partial charge is 0.297 e. The summed E-state index contributed by atoms with van der Waals surface area (Å²) in [6, 6.07) is 12.7. The summed E-state index contributed by atoms with van der Waals surface area (Å²) >= 11 is 4.77. The lowest BCUT2D eigenvalue weighted by molar-refractivity contribution is 0.0971. The van der Waals surface area contributed by atoms with E-state index in [0.717, 1.165) is 10.0 Å². The summed E-state index contributed by atoms with van der Waals surface area (Å²) in [5.74, 6) is 0.126. The predicted octanol–water partition coefficient (Wildman–Crippen LogP) is 5.89. The summed E-state index contributed by atoms with van der Waals surface area (Å²) in [5.41, 5.74) is 2.60. The maximum atomic E-state index is 13.5. The molecule has 7 heteroatoms. The Kier molecular flexibility index (Phi) is 4.60. The minimum absolute atomic E-state index is 0.0861. The van der Waals surface area contributed by atoms with E-state index in [4.69, 9.17) is 4.42 Å². The van der Waals surface area contributed by atoms with Crippen LogP contribution in [0.3, 0.4) is 0 Å². The van der Waals surface area contributed by atoms with Crippen LogP contribution in [0, 0.1) is 0 Å². The average molecular weight is 481 g/mol. The van der Waals surface area contributed by atoms with Crippen LogP contribution in [-0.2, 0) is 0 Å². The van der Waals surface area contributed by atoms with Gasteiger partial charge in [0.05, 0.1) is 17.0 Å². The van der Waals surface area contributed by atoms with E-state index in [1.807, 2.05) is 29.6 Å². The standard InChI is InChI=1S/C23H17BrN2O3S/c1-12(2)13-3-5-14(6-4-13)19-18-20(27)16-11-15(24)7-8-17(16)29-21(18)22(28)26(19)23-25-9-10-30-23/h3-12,19H,1-2H3/t19-/m1/s1. The topological polar surface area (TPSA) is 63.4 Å². The first kappa shape index (κ1) is 19.2. The molecule has 5 nitrogen and oxygen atoms in total. The number of carbonyl (C=O) groups excluding carboxylic acids is 1. The molecule has 0 bridgehead atoms. The second kappa shape index (κ2) is 7.18. The van der Waals surface area contributed by atoms with Gasteiger partial charge >= 0.3 is 0 Å². The third kappa shape index (κ3) is 2.92. The van der Waals surface area contributed by atoms with E-state index in [2.05, 4.69) is 34.8 Å². The number of rotatable bonds is 3. The molecular weight excluding hydrogens is 464 g/mol. The third-order valence-corrected chi connectivity index (χ3v) is 6.64. The van der Waals surface area contributed by atoms with Gasteiger partial charge in [0, 0.05) is 16.0 Å². The SMILES string of the molecule is CC(C)c1ccc([C@@H]2c3c(oc4ccc(Br)cc4c3=O)C(=O)N2c2nccs2)cc1. The fourth-order valence-electron chi connectivity index (χ4n) is 3.86. The van der Waals surface area contributed by atoms with E-state index in [1.165, 1.54) is 16.9 Å². The number of amides is 1. The number of nitrogens with zero attached hydrogens (tertiary/aromatic N) is 2. The first-order chi connectivity index (χ1) is 14.5. The van der Waals surface area contributed by atoms with Gasteiger partial charge in [-0.05, 0) is 35.2 Å². The zero-order chi connectivity index (χ0) is 21.0. The summed E-state index contributed by atoms with van der Waals surface area (Å²) in [4.78, 5) is 32.8. The summed E-state index contributed by atoms with van der Waals surface area (Å²) in [6.07, 6.45) is 1.65. The highest BCUT2D eigenvalue weighted by molar-refractivity contribution is 9.10. The number of benzene rings is 2. The Morgan fingerprint density at radius 3 is 2.57 bits per heavy atom. The first-order valence-corrected chi connectivity index (χ1v) is 11.2. The lowest BCUT2D eigenvalue weighted by Crippen LogP contribution is -2.29. The van der Waals surface area contributed by atoms with Gasteiger partial charge in [-0.2, -0.15) is 0 Å². The molecule has 0 saturated carbocycles. The van der Waals surface area contributed by atoms with Gasteiger partial charge in [-0.15, -0.1) is 11.3 Å². The molecule has 5 rings (SSSR count). The fraction of sp³-hybridized carbons (Fsp3) is 0.174. The Morgan fingerprint density at radius 1 is 1.13 bits per heavy atom. The maximum Gasteiger partial charge on any atom is 0.297 e. The summed E-state index contributed by atoms with van der Waals surface area (Å²) < 4.78 is 6.74. The molecule has 4 aromatic rings. The number of thiazole rings is 1. The van der Waals surface area contributed by atoms with Gasteiger partial charge in [0.25, 0.3) is 5.91 Å². The molecular formula is C23H17BrN2O3S. The van der Waals surface area contributed by atoms with Gasteiger partial charge < -0.3 is 4.42 Å². The Morgan fingerprint density at radius 2 is 1.90 bits per heavy atom. The normalized spacial score (nSPS) is 15.9. The highest BCUT2D eigenvalue weighted by Crippen LogP contribution is 2.42.